The zero-order valence-electron chi connectivity index (χ0n) is 12.4. The number of benzene rings is 1. The van der Waals surface area contributed by atoms with Crippen LogP contribution >= 0.6 is 0 Å². The maximum absolute atomic E-state index is 11.3. The molecule has 110 valence electrons. The Morgan fingerprint density at radius 3 is 2.90 bits per heavy atom. The molecule has 0 spiro atoms. The van der Waals surface area contributed by atoms with Crippen molar-refractivity contribution >= 4 is 5.97 Å². The Kier molecular flexibility index (Phi) is 3.01. The number of aromatic nitrogens is 2. The molecular formula is C16H18N2O3. The quantitative estimate of drug-likeness (QED) is 0.942. The molecule has 2 heterocycles. The monoisotopic (exact) mass is 286 g/mol. The summed E-state index contributed by atoms with van der Waals surface area (Å²) in [7, 11) is 0. The fourth-order valence-corrected chi connectivity index (χ4v) is 2.62. The molecule has 0 saturated carbocycles. The summed E-state index contributed by atoms with van der Waals surface area (Å²) in [4.78, 5) is 11.3. The second-order valence-corrected chi connectivity index (χ2v) is 5.85. The van der Waals surface area contributed by atoms with Crippen LogP contribution < -0.4 is 4.74 Å². The van der Waals surface area contributed by atoms with Gasteiger partial charge in [0, 0.05) is 23.7 Å². The van der Waals surface area contributed by atoms with Crippen molar-refractivity contribution < 1.29 is 14.6 Å². The van der Waals surface area contributed by atoms with Gasteiger partial charge < -0.3 is 9.84 Å². The van der Waals surface area contributed by atoms with Crippen molar-refractivity contribution in [3.63, 3.8) is 0 Å². The second-order valence-electron chi connectivity index (χ2n) is 5.85. The van der Waals surface area contributed by atoms with Crippen LogP contribution in [0.4, 0.5) is 0 Å². The highest BCUT2D eigenvalue weighted by Gasteiger charge is 2.30. The minimum Gasteiger partial charge on any atom is -0.493 e. The first-order chi connectivity index (χ1) is 9.91. The van der Waals surface area contributed by atoms with Crippen LogP contribution in [0.5, 0.6) is 5.75 Å². The zero-order chi connectivity index (χ0) is 15.2. The number of rotatable bonds is 3. The summed E-state index contributed by atoms with van der Waals surface area (Å²) in [5, 5.41) is 13.5. The molecule has 21 heavy (non-hydrogen) atoms. The minimum absolute atomic E-state index is 0.727. The highest BCUT2D eigenvalue weighted by molar-refractivity contribution is 5.76. The van der Waals surface area contributed by atoms with Crippen LogP contribution in [-0.2, 0) is 16.8 Å². The number of nitrogens with zero attached hydrogens (tertiary/aromatic N) is 2. The van der Waals surface area contributed by atoms with Gasteiger partial charge in [0.1, 0.15) is 5.75 Å². The molecule has 0 atom stereocenters. The van der Waals surface area contributed by atoms with E-state index in [1.54, 1.807) is 26.2 Å². The highest BCUT2D eigenvalue weighted by Crippen LogP contribution is 2.35. The maximum Gasteiger partial charge on any atom is 0.331 e. The van der Waals surface area contributed by atoms with E-state index in [1.165, 1.54) is 15.8 Å². The van der Waals surface area contributed by atoms with Crippen molar-refractivity contribution in [3.05, 3.63) is 35.7 Å². The van der Waals surface area contributed by atoms with Crippen molar-refractivity contribution in [3.8, 4) is 16.9 Å². The van der Waals surface area contributed by atoms with Gasteiger partial charge in [-0.25, -0.2) is 4.79 Å². The Hall–Kier alpha value is -2.30. The molecular weight excluding hydrogens is 268 g/mol. The van der Waals surface area contributed by atoms with Gasteiger partial charge in [0.2, 0.25) is 0 Å². The number of aliphatic carboxylic acids is 1. The number of hydrogen-bond donors (Lipinski definition) is 1. The zero-order valence-corrected chi connectivity index (χ0v) is 12.4. The Morgan fingerprint density at radius 2 is 2.19 bits per heavy atom. The van der Waals surface area contributed by atoms with E-state index in [9.17, 15) is 9.90 Å². The van der Waals surface area contributed by atoms with Crippen LogP contribution in [0, 0.1) is 6.92 Å². The lowest BCUT2D eigenvalue weighted by Gasteiger charge is -2.19. The first-order valence-electron chi connectivity index (χ1n) is 6.95. The van der Waals surface area contributed by atoms with Gasteiger partial charge in [0.25, 0.3) is 0 Å². The average molecular weight is 286 g/mol. The molecule has 0 aliphatic carbocycles. The van der Waals surface area contributed by atoms with Crippen molar-refractivity contribution in [1.29, 1.82) is 0 Å². The van der Waals surface area contributed by atoms with Gasteiger partial charge in [-0.3, -0.25) is 4.68 Å². The van der Waals surface area contributed by atoms with E-state index in [2.05, 4.69) is 12.0 Å². The molecule has 0 amide bonds. The van der Waals surface area contributed by atoms with Gasteiger partial charge in [-0.2, -0.15) is 5.10 Å². The van der Waals surface area contributed by atoms with Crippen LogP contribution in [0.1, 0.15) is 25.0 Å². The van der Waals surface area contributed by atoms with Crippen LogP contribution in [0.25, 0.3) is 11.1 Å². The van der Waals surface area contributed by atoms with Gasteiger partial charge in [-0.05, 0) is 38.0 Å². The van der Waals surface area contributed by atoms with E-state index in [1.807, 2.05) is 12.1 Å². The van der Waals surface area contributed by atoms with Crippen LogP contribution in [0.15, 0.2) is 24.5 Å². The fraction of sp³-hybridized carbons (Fsp3) is 0.375. The molecule has 0 radical (unpaired) electrons. The van der Waals surface area contributed by atoms with Gasteiger partial charge >= 0.3 is 5.97 Å². The summed E-state index contributed by atoms with van der Waals surface area (Å²) >= 11 is 0. The predicted molar refractivity (Wildman–Crippen MR) is 78.6 cm³/mol. The molecule has 5 heteroatoms. The lowest BCUT2D eigenvalue weighted by molar-refractivity contribution is -0.146. The maximum atomic E-state index is 11.3. The summed E-state index contributed by atoms with van der Waals surface area (Å²) in [6.45, 7) is 6.07. The van der Waals surface area contributed by atoms with Gasteiger partial charge in [0.05, 0.1) is 12.8 Å². The van der Waals surface area contributed by atoms with E-state index in [4.69, 9.17) is 4.74 Å². The Balaban J connectivity index is 2.04. The molecule has 2 aromatic rings. The molecule has 5 nitrogen and oxygen atoms in total. The smallest absolute Gasteiger partial charge is 0.331 e. The summed E-state index contributed by atoms with van der Waals surface area (Å²) < 4.78 is 7.06. The summed E-state index contributed by atoms with van der Waals surface area (Å²) in [5.41, 5.74) is 3.35. The Labute approximate surface area is 123 Å². The van der Waals surface area contributed by atoms with Crippen molar-refractivity contribution in [2.24, 2.45) is 0 Å². The third kappa shape index (κ3) is 2.09. The van der Waals surface area contributed by atoms with E-state index < -0.39 is 11.5 Å². The third-order valence-corrected chi connectivity index (χ3v) is 4.15. The van der Waals surface area contributed by atoms with Crippen LogP contribution in [0.3, 0.4) is 0 Å². The minimum atomic E-state index is -1.06. The molecule has 0 saturated heterocycles. The van der Waals surface area contributed by atoms with Crippen LogP contribution in [-0.4, -0.2) is 27.5 Å². The first kappa shape index (κ1) is 13.7. The molecule has 0 bridgehead atoms. The highest BCUT2D eigenvalue weighted by atomic mass is 16.5. The molecule has 3 rings (SSSR count). The first-order valence-corrected chi connectivity index (χ1v) is 6.95. The number of carbonyl (C=O) groups is 1. The lowest BCUT2D eigenvalue weighted by atomic mass is 9.97. The number of fused-ring (bicyclic) bond motifs is 1. The molecule has 1 aliphatic heterocycles. The van der Waals surface area contributed by atoms with Gasteiger partial charge in [-0.1, -0.05) is 6.07 Å². The molecule has 1 N–H and O–H groups in total. The number of carboxylic acid groups (broad SMARTS) is 1. The molecule has 0 unspecified atom stereocenters. The van der Waals surface area contributed by atoms with Crippen molar-refractivity contribution in [1.82, 2.24) is 9.78 Å². The van der Waals surface area contributed by atoms with Crippen molar-refractivity contribution in [2.45, 2.75) is 32.7 Å². The largest absolute Gasteiger partial charge is 0.493 e. The van der Waals surface area contributed by atoms with Gasteiger partial charge in [0.15, 0.2) is 5.54 Å². The molecule has 1 aromatic heterocycles. The molecule has 1 aliphatic rings. The van der Waals surface area contributed by atoms with E-state index >= 15 is 0 Å². The molecule has 0 fully saturated rings. The Morgan fingerprint density at radius 1 is 1.43 bits per heavy atom. The summed E-state index contributed by atoms with van der Waals surface area (Å²) in [6, 6.07) is 3.99. The number of carboxylic acids is 1. The summed E-state index contributed by atoms with van der Waals surface area (Å²) in [6.07, 6.45) is 4.43. The molecule has 1 aromatic carbocycles. The summed E-state index contributed by atoms with van der Waals surface area (Å²) in [5.74, 6) is 0.0470. The fourth-order valence-electron chi connectivity index (χ4n) is 2.62. The number of hydrogen-bond acceptors (Lipinski definition) is 3. The van der Waals surface area contributed by atoms with E-state index in [0.717, 1.165) is 29.9 Å². The standard InChI is InChI=1S/C16H18N2O3/c1-10-12(4-5-14-13(10)6-7-21-14)11-8-17-18(9-11)16(2,3)15(19)20/h4-5,8-9H,6-7H2,1-3H3,(H,19,20). The Bertz CT molecular complexity index is 716. The van der Waals surface area contributed by atoms with Gasteiger partial charge in [-0.15, -0.1) is 0 Å². The predicted octanol–water partition coefficient (Wildman–Crippen LogP) is 2.61. The van der Waals surface area contributed by atoms with Crippen molar-refractivity contribution in [2.75, 3.05) is 6.61 Å². The topological polar surface area (TPSA) is 64.4 Å². The third-order valence-electron chi connectivity index (χ3n) is 4.15. The number of ether oxygens (including phenoxy) is 1. The lowest BCUT2D eigenvalue weighted by Crippen LogP contribution is -2.35. The average Bonchev–Trinajstić information content (AvgIpc) is 3.07. The second kappa shape index (κ2) is 4.62. The normalized spacial score (nSPS) is 13.9. The van der Waals surface area contributed by atoms with E-state index in [0.29, 0.717) is 0 Å². The SMILES string of the molecule is Cc1c(-c2cnn(C(C)(C)C(=O)O)c2)ccc2c1CCO2. The van der Waals surface area contributed by atoms with Crippen LogP contribution in [0.2, 0.25) is 0 Å². The van der Waals surface area contributed by atoms with E-state index in [-0.39, 0.29) is 0 Å².